The maximum absolute atomic E-state index is 13.0. The molecule has 0 amide bonds. The van der Waals surface area contributed by atoms with E-state index in [4.69, 9.17) is 0 Å². The van der Waals surface area contributed by atoms with Crippen molar-refractivity contribution in [3.05, 3.63) is 30.7 Å². The van der Waals surface area contributed by atoms with E-state index in [0.29, 0.717) is 11.5 Å². The lowest BCUT2D eigenvalue weighted by molar-refractivity contribution is -0.274. The lowest BCUT2D eigenvalue weighted by Crippen LogP contribution is -2.40. The first-order chi connectivity index (χ1) is 15.2. The minimum absolute atomic E-state index is 0.0386. The highest BCUT2D eigenvalue weighted by atomic mass is 19.4. The third kappa shape index (κ3) is 4.98. The van der Waals surface area contributed by atoms with E-state index in [1.54, 1.807) is 4.40 Å². The summed E-state index contributed by atoms with van der Waals surface area (Å²) in [6, 6.07) is 3.10. The van der Waals surface area contributed by atoms with Gasteiger partial charge in [-0.05, 0) is 38.6 Å². The van der Waals surface area contributed by atoms with Crippen molar-refractivity contribution < 1.29 is 31.4 Å². The summed E-state index contributed by atoms with van der Waals surface area (Å²) in [6.45, 7) is -1.41. The Morgan fingerprint density at radius 3 is 2.75 bits per heavy atom. The number of hydrogen-bond acceptors (Lipinski definition) is 7. The van der Waals surface area contributed by atoms with Crippen molar-refractivity contribution in [2.75, 3.05) is 25.5 Å². The Balaban J connectivity index is 1.72. The average molecular weight is 458 g/mol. The van der Waals surface area contributed by atoms with Crippen LogP contribution in [0.3, 0.4) is 0 Å². The standard InChI is InChI=1S/C19H19F5N6O2/c1-29-6-2-3-11(9-29)26-18-28-27-16(14-8-25-10-30(14)18)13-5-4-12(31-17(20)21)7-15(13)32-19(22,23)24/h4-5,7-8,10-11,17H,2-3,6,9H2,1H3,(H,26,28)/t11-/m1/s1. The van der Waals surface area contributed by atoms with E-state index in [1.807, 2.05) is 7.05 Å². The number of piperidine rings is 1. The van der Waals surface area contributed by atoms with Crippen molar-refractivity contribution in [2.45, 2.75) is 31.9 Å². The van der Waals surface area contributed by atoms with Gasteiger partial charge in [0, 0.05) is 24.2 Å². The minimum atomic E-state index is -5.06. The highest BCUT2D eigenvalue weighted by molar-refractivity contribution is 5.81. The van der Waals surface area contributed by atoms with Gasteiger partial charge in [0.1, 0.15) is 23.5 Å². The zero-order valence-electron chi connectivity index (χ0n) is 16.8. The van der Waals surface area contributed by atoms with Crippen LogP contribution in [-0.4, -0.2) is 63.6 Å². The van der Waals surface area contributed by atoms with Gasteiger partial charge in [0.05, 0.1) is 11.7 Å². The first-order valence-electron chi connectivity index (χ1n) is 9.68. The van der Waals surface area contributed by atoms with Crippen molar-refractivity contribution in [3.8, 4) is 22.8 Å². The third-order valence-corrected chi connectivity index (χ3v) is 4.97. The fourth-order valence-corrected chi connectivity index (χ4v) is 3.68. The van der Waals surface area contributed by atoms with Crippen LogP contribution in [0, 0.1) is 0 Å². The molecule has 1 fully saturated rings. The van der Waals surface area contributed by atoms with Crippen LogP contribution in [0.15, 0.2) is 30.7 Å². The van der Waals surface area contributed by atoms with Crippen molar-refractivity contribution in [1.29, 1.82) is 0 Å². The molecule has 172 valence electrons. The van der Waals surface area contributed by atoms with Gasteiger partial charge in [0.2, 0.25) is 5.95 Å². The Hall–Kier alpha value is -3.22. The van der Waals surface area contributed by atoms with Gasteiger partial charge in [-0.1, -0.05) is 0 Å². The molecule has 1 aliphatic heterocycles. The zero-order chi connectivity index (χ0) is 22.9. The summed E-state index contributed by atoms with van der Waals surface area (Å²) < 4.78 is 73.7. The van der Waals surface area contributed by atoms with Gasteiger partial charge in [-0.3, -0.25) is 4.40 Å². The Morgan fingerprint density at radius 1 is 1.22 bits per heavy atom. The number of aromatic nitrogens is 4. The van der Waals surface area contributed by atoms with E-state index < -0.39 is 24.5 Å². The van der Waals surface area contributed by atoms with Crippen molar-refractivity contribution >= 4 is 11.5 Å². The van der Waals surface area contributed by atoms with Gasteiger partial charge in [0.15, 0.2) is 0 Å². The number of rotatable bonds is 6. The number of likely N-dealkylation sites (N-methyl/N-ethyl adjacent to an activating group) is 1. The van der Waals surface area contributed by atoms with Crippen LogP contribution < -0.4 is 14.8 Å². The van der Waals surface area contributed by atoms with E-state index >= 15 is 0 Å². The highest BCUT2D eigenvalue weighted by Crippen LogP contribution is 2.38. The number of fused-ring (bicyclic) bond motifs is 1. The molecule has 0 saturated carbocycles. The molecular formula is C19H19F5N6O2. The predicted molar refractivity (Wildman–Crippen MR) is 104 cm³/mol. The second kappa shape index (κ2) is 8.73. The molecule has 3 heterocycles. The largest absolute Gasteiger partial charge is 0.573 e. The molecule has 8 nitrogen and oxygen atoms in total. The highest BCUT2D eigenvalue weighted by Gasteiger charge is 2.33. The molecule has 0 spiro atoms. The number of benzene rings is 1. The molecule has 0 aliphatic carbocycles. The van der Waals surface area contributed by atoms with Gasteiger partial charge in [-0.25, -0.2) is 4.98 Å². The van der Waals surface area contributed by atoms with Crippen LogP contribution in [0.25, 0.3) is 16.8 Å². The molecule has 1 N–H and O–H groups in total. The Bertz CT molecular complexity index is 1090. The summed E-state index contributed by atoms with van der Waals surface area (Å²) in [5, 5.41) is 11.5. The summed E-state index contributed by atoms with van der Waals surface area (Å²) >= 11 is 0. The van der Waals surface area contributed by atoms with Crippen LogP contribution >= 0.6 is 0 Å². The molecule has 2 aromatic heterocycles. The Morgan fingerprint density at radius 2 is 2.03 bits per heavy atom. The molecule has 4 rings (SSSR count). The second-order valence-electron chi connectivity index (χ2n) is 7.35. The van der Waals surface area contributed by atoms with E-state index in [-0.39, 0.29) is 17.3 Å². The topological polar surface area (TPSA) is 76.8 Å². The van der Waals surface area contributed by atoms with Gasteiger partial charge in [-0.15, -0.1) is 23.4 Å². The molecule has 0 unspecified atom stereocenters. The third-order valence-electron chi connectivity index (χ3n) is 4.97. The monoisotopic (exact) mass is 458 g/mol. The zero-order valence-corrected chi connectivity index (χ0v) is 16.8. The molecule has 32 heavy (non-hydrogen) atoms. The number of nitrogens with one attached hydrogen (secondary N) is 1. The number of imidazole rings is 1. The van der Waals surface area contributed by atoms with Crippen molar-refractivity contribution in [2.24, 2.45) is 0 Å². The maximum atomic E-state index is 13.0. The molecule has 1 aliphatic rings. The lowest BCUT2D eigenvalue weighted by atomic mass is 10.1. The summed E-state index contributed by atoms with van der Waals surface area (Å²) in [7, 11) is 2.01. The molecule has 1 saturated heterocycles. The van der Waals surface area contributed by atoms with E-state index in [9.17, 15) is 22.0 Å². The number of halogens is 5. The minimum Gasteiger partial charge on any atom is -0.435 e. The second-order valence-corrected chi connectivity index (χ2v) is 7.35. The van der Waals surface area contributed by atoms with Gasteiger partial charge >= 0.3 is 13.0 Å². The molecule has 1 atom stereocenters. The maximum Gasteiger partial charge on any atom is 0.573 e. The van der Waals surface area contributed by atoms with Crippen LogP contribution in [0.1, 0.15) is 12.8 Å². The first-order valence-corrected chi connectivity index (χ1v) is 9.68. The average Bonchev–Trinajstić information content (AvgIpc) is 3.18. The molecule has 13 heteroatoms. The van der Waals surface area contributed by atoms with Crippen LogP contribution in [0.4, 0.5) is 27.9 Å². The van der Waals surface area contributed by atoms with E-state index in [2.05, 4.69) is 34.9 Å². The quantitative estimate of drug-likeness (QED) is 0.563. The molecule has 3 aromatic rings. The molecule has 0 bridgehead atoms. The van der Waals surface area contributed by atoms with Gasteiger partial charge in [-0.2, -0.15) is 8.78 Å². The molecule has 1 aromatic carbocycles. The number of ether oxygens (including phenoxy) is 2. The van der Waals surface area contributed by atoms with Crippen LogP contribution in [0.5, 0.6) is 11.5 Å². The summed E-state index contributed by atoms with van der Waals surface area (Å²) in [5.41, 5.74) is 0.295. The SMILES string of the molecule is CN1CCC[C@@H](Nc2nnc(-c3ccc(OC(F)F)cc3OC(F)(F)F)c3cncn23)C1. The Kier molecular flexibility index (Phi) is 6.00. The van der Waals surface area contributed by atoms with Crippen molar-refractivity contribution in [3.63, 3.8) is 0 Å². The number of alkyl halides is 5. The molecule has 0 radical (unpaired) electrons. The summed E-state index contributed by atoms with van der Waals surface area (Å²) in [4.78, 5) is 6.24. The summed E-state index contributed by atoms with van der Waals surface area (Å²) in [6.07, 6.45) is -0.238. The Labute approximate surface area is 179 Å². The summed E-state index contributed by atoms with van der Waals surface area (Å²) in [5.74, 6) is -0.847. The fourth-order valence-electron chi connectivity index (χ4n) is 3.68. The van der Waals surface area contributed by atoms with Crippen molar-refractivity contribution in [1.82, 2.24) is 24.5 Å². The lowest BCUT2D eigenvalue weighted by Gasteiger charge is -2.30. The van der Waals surface area contributed by atoms with Crippen LogP contribution in [-0.2, 0) is 0 Å². The smallest absolute Gasteiger partial charge is 0.435 e. The number of anilines is 1. The number of hydrogen-bond donors (Lipinski definition) is 1. The van der Waals surface area contributed by atoms with Gasteiger partial charge < -0.3 is 19.7 Å². The van der Waals surface area contributed by atoms with E-state index in [1.165, 1.54) is 12.5 Å². The van der Waals surface area contributed by atoms with Gasteiger partial charge in [0.25, 0.3) is 0 Å². The number of likely N-dealkylation sites (tertiary alicyclic amines) is 1. The van der Waals surface area contributed by atoms with E-state index in [0.717, 1.165) is 44.1 Å². The molecular weight excluding hydrogens is 439 g/mol. The normalized spacial score (nSPS) is 17.7. The first kappa shape index (κ1) is 22.0. The fraction of sp³-hybridized carbons (Fsp3) is 0.421. The van der Waals surface area contributed by atoms with Crippen LogP contribution in [0.2, 0.25) is 0 Å². The predicted octanol–water partition coefficient (Wildman–Crippen LogP) is 3.80. The number of nitrogens with zero attached hydrogens (tertiary/aromatic N) is 5.